The number of carbonyl (C=O) groups excluding carboxylic acids is 6. The van der Waals surface area contributed by atoms with Gasteiger partial charge in [0.05, 0.1) is 41.8 Å². The lowest BCUT2D eigenvalue weighted by molar-refractivity contribution is -0.208. The summed E-state index contributed by atoms with van der Waals surface area (Å²) in [6.45, 7) is -0.611. The molecule has 4 atom stereocenters. The quantitative estimate of drug-likeness (QED) is 0.0992. The molecule has 0 spiro atoms. The van der Waals surface area contributed by atoms with Gasteiger partial charge in [-0.25, -0.2) is 0 Å². The second-order valence-electron chi connectivity index (χ2n) is 13.0. The van der Waals surface area contributed by atoms with Crippen LogP contribution in [0.2, 0.25) is 0 Å². The monoisotopic (exact) mass is 726 g/mol. The molecule has 2 fully saturated rings. The number of phenolic OH excluding ortho intramolecular Hbond substituents is 2. The molecule has 2 heterocycles. The number of phenols is 2. The van der Waals surface area contributed by atoms with Crippen molar-refractivity contribution in [3.63, 3.8) is 0 Å². The molecule has 2 saturated heterocycles. The van der Waals surface area contributed by atoms with Gasteiger partial charge in [0.1, 0.15) is 36.1 Å². The van der Waals surface area contributed by atoms with Crippen molar-refractivity contribution in [3.05, 3.63) is 51.6 Å². The fourth-order valence-electron chi connectivity index (χ4n) is 7.01. The Hall–Kier alpha value is -4.35. The number of amides is 3. The lowest BCUT2D eigenvalue weighted by Crippen LogP contribution is -2.47. The van der Waals surface area contributed by atoms with E-state index in [1.165, 1.54) is 25.3 Å². The van der Waals surface area contributed by atoms with Crippen molar-refractivity contribution in [2.24, 2.45) is 0 Å². The molecule has 6 rings (SSSR count). The lowest BCUT2D eigenvalue weighted by Gasteiger charge is -2.35. The maximum Gasteiger partial charge on any atom is 0.246 e. The number of methoxy groups -OCH3 is 1. The molecular weight excluding hydrogens is 688 g/mol. The van der Waals surface area contributed by atoms with E-state index >= 15 is 0 Å². The first-order valence-corrected chi connectivity index (χ1v) is 17.1. The third-order valence-electron chi connectivity index (χ3n) is 9.73. The summed E-state index contributed by atoms with van der Waals surface area (Å²) in [6.07, 6.45) is -0.0496. The average Bonchev–Trinajstić information content (AvgIpc) is 3.36. The number of fused-ring (bicyclic) bond motifs is 3. The van der Waals surface area contributed by atoms with Crippen LogP contribution < -0.4 is 10.1 Å². The van der Waals surface area contributed by atoms with Gasteiger partial charge in [0.15, 0.2) is 17.9 Å². The Labute approximate surface area is 297 Å². The second-order valence-corrected chi connectivity index (χ2v) is 13.6. The highest BCUT2D eigenvalue weighted by Gasteiger charge is 2.46. The topological polar surface area (TPSA) is 215 Å². The number of nitrogens with one attached hydrogen (secondary N) is 1. The number of rotatable bonds is 12. The number of hydrogen-bond acceptors (Lipinski definition) is 14. The van der Waals surface area contributed by atoms with Crippen molar-refractivity contribution in [2.45, 2.75) is 68.2 Å². The number of imide groups is 1. The SMILES string of the molecule is COc1cccc2c1C(=O)c1c(O)c3c(c(O)c1C2=O)C[C@@](O)(C(=O)COC1CCCC(COCC(=O)NCCN2C(=O)CC(S)C2=O)O1)CC3. The van der Waals surface area contributed by atoms with Crippen LogP contribution in [0.4, 0.5) is 0 Å². The first kappa shape index (κ1) is 36.4. The third kappa shape index (κ3) is 6.98. The van der Waals surface area contributed by atoms with Gasteiger partial charge in [-0.1, -0.05) is 12.1 Å². The third-order valence-corrected chi connectivity index (χ3v) is 10.1. The molecule has 2 aliphatic carbocycles. The van der Waals surface area contributed by atoms with Crippen LogP contribution in [-0.4, -0.2) is 119 Å². The highest BCUT2D eigenvalue weighted by molar-refractivity contribution is 7.81. The minimum Gasteiger partial charge on any atom is -0.507 e. The molecule has 3 unspecified atom stereocenters. The summed E-state index contributed by atoms with van der Waals surface area (Å²) < 4.78 is 22.4. The molecule has 4 aliphatic rings. The van der Waals surface area contributed by atoms with E-state index in [9.17, 15) is 44.1 Å². The highest BCUT2D eigenvalue weighted by atomic mass is 32.1. The van der Waals surface area contributed by atoms with Crippen molar-refractivity contribution in [1.29, 1.82) is 0 Å². The molecule has 2 aromatic rings. The molecule has 16 heteroatoms. The van der Waals surface area contributed by atoms with Crippen molar-refractivity contribution < 1.29 is 63.0 Å². The molecule has 2 aromatic carbocycles. The maximum atomic E-state index is 13.5. The summed E-state index contributed by atoms with van der Waals surface area (Å²) in [4.78, 5) is 77.3. The van der Waals surface area contributed by atoms with E-state index in [-0.39, 0.29) is 90.9 Å². The number of nitrogens with zero attached hydrogens (tertiary/aromatic N) is 1. The summed E-state index contributed by atoms with van der Waals surface area (Å²) in [7, 11) is 1.35. The Morgan fingerprint density at radius 2 is 1.78 bits per heavy atom. The molecule has 0 bridgehead atoms. The molecule has 0 radical (unpaired) electrons. The Balaban J connectivity index is 1.01. The van der Waals surface area contributed by atoms with Gasteiger partial charge in [0.25, 0.3) is 0 Å². The van der Waals surface area contributed by atoms with Crippen molar-refractivity contribution in [1.82, 2.24) is 10.2 Å². The molecule has 15 nitrogen and oxygen atoms in total. The fourth-order valence-corrected chi connectivity index (χ4v) is 7.31. The Bertz CT molecular complexity index is 1810. The Kier molecular flexibility index (Phi) is 10.5. The van der Waals surface area contributed by atoms with Crippen molar-refractivity contribution in [2.75, 3.05) is 40.0 Å². The highest BCUT2D eigenvalue weighted by Crippen LogP contribution is 2.48. The van der Waals surface area contributed by atoms with Gasteiger partial charge >= 0.3 is 0 Å². The number of ketones is 3. The van der Waals surface area contributed by atoms with E-state index in [1.807, 2.05) is 0 Å². The van der Waals surface area contributed by atoms with E-state index < -0.39 is 76.6 Å². The number of hydrogen-bond donors (Lipinski definition) is 5. The van der Waals surface area contributed by atoms with Crippen LogP contribution in [0, 0.1) is 0 Å². The summed E-state index contributed by atoms with van der Waals surface area (Å²) in [5.74, 6) is -4.15. The molecule has 0 aromatic heterocycles. The number of aromatic hydroxyl groups is 2. The molecule has 51 heavy (non-hydrogen) atoms. The predicted octanol–water partition coefficient (Wildman–Crippen LogP) is 0.773. The van der Waals surface area contributed by atoms with Gasteiger partial charge in [-0.05, 0) is 38.2 Å². The van der Waals surface area contributed by atoms with Gasteiger partial charge in [-0.2, -0.15) is 12.6 Å². The van der Waals surface area contributed by atoms with Crippen LogP contribution in [0.5, 0.6) is 17.2 Å². The number of likely N-dealkylation sites (tertiary alicyclic amines) is 1. The lowest BCUT2D eigenvalue weighted by atomic mass is 9.73. The van der Waals surface area contributed by atoms with Crippen LogP contribution in [0.25, 0.3) is 0 Å². The fraction of sp³-hybridized carbons (Fsp3) is 0.486. The second kappa shape index (κ2) is 14.7. The molecule has 272 valence electrons. The first-order chi connectivity index (χ1) is 24.3. The Morgan fingerprint density at radius 1 is 1.04 bits per heavy atom. The standard InChI is InChI=1S/C35H38N2O13S/c1-47-21-6-3-5-19-27(21)33(44)29-28(31(19)42)32(43)20-13-35(46,9-8-18(20)30(29)41)23(38)15-49-26-7-2-4-17(50-26)14-48-16-24(39)36-10-11-37-25(40)12-22(51)34(37)45/h3,5-6,17,22,26,41,43,46,51H,2,4,7-16H2,1H3,(H,36,39)/t17?,22?,26?,35-/m1/s1. The minimum atomic E-state index is -2.00. The average molecular weight is 727 g/mol. The molecule has 4 N–H and O–H groups in total. The zero-order chi connectivity index (χ0) is 36.6. The van der Waals surface area contributed by atoms with Gasteiger partial charge in [0.2, 0.25) is 23.5 Å². The molecule has 0 saturated carbocycles. The largest absolute Gasteiger partial charge is 0.507 e. The van der Waals surface area contributed by atoms with Crippen LogP contribution in [0.1, 0.15) is 75.1 Å². The number of Topliss-reactive ketones (excluding diaryl/α,β-unsaturated/α-hetero) is 1. The molecule has 2 aliphatic heterocycles. The van der Waals surface area contributed by atoms with Gasteiger partial charge in [0, 0.05) is 42.6 Å². The van der Waals surface area contributed by atoms with Gasteiger partial charge in [-0.3, -0.25) is 33.7 Å². The number of ether oxygens (including phenoxy) is 4. The van der Waals surface area contributed by atoms with Crippen LogP contribution in [0.15, 0.2) is 18.2 Å². The van der Waals surface area contributed by atoms with E-state index in [0.29, 0.717) is 19.3 Å². The number of thiol groups is 1. The van der Waals surface area contributed by atoms with E-state index in [0.717, 1.165) is 4.90 Å². The number of benzene rings is 2. The van der Waals surface area contributed by atoms with Crippen LogP contribution in [-0.2, 0) is 46.2 Å². The normalized spacial score (nSPS) is 24.2. The summed E-state index contributed by atoms with van der Waals surface area (Å²) >= 11 is 4.06. The van der Waals surface area contributed by atoms with E-state index in [1.54, 1.807) is 0 Å². The van der Waals surface area contributed by atoms with Crippen LogP contribution in [0.3, 0.4) is 0 Å². The smallest absolute Gasteiger partial charge is 0.246 e. The maximum absolute atomic E-state index is 13.5. The van der Waals surface area contributed by atoms with Crippen molar-refractivity contribution in [3.8, 4) is 17.2 Å². The van der Waals surface area contributed by atoms with Gasteiger partial charge < -0.3 is 39.6 Å². The molecule has 3 amide bonds. The van der Waals surface area contributed by atoms with E-state index in [4.69, 9.17) is 18.9 Å². The zero-order valence-electron chi connectivity index (χ0n) is 27.8. The van der Waals surface area contributed by atoms with E-state index in [2.05, 4.69) is 17.9 Å². The van der Waals surface area contributed by atoms with Crippen molar-refractivity contribution >= 4 is 47.7 Å². The molecular formula is C35H38N2O13S. The van der Waals surface area contributed by atoms with Crippen LogP contribution >= 0.6 is 12.6 Å². The van der Waals surface area contributed by atoms with Gasteiger partial charge in [-0.15, -0.1) is 0 Å². The predicted molar refractivity (Wildman–Crippen MR) is 178 cm³/mol. The number of carbonyl (C=O) groups is 6. The summed E-state index contributed by atoms with van der Waals surface area (Å²) in [5, 5.41) is 35.8. The Morgan fingerprint density at radius 3 is 2.51 bits per heavy atom. The first-order valence-electron chi connectivity index (χ1n) is 16.6. The summed E-state index contributed by atoms with van der Waals surface area (Å²) in [5.41, 5.74) is -2.60. The summed E-state index contributed by atoms with van der Waals surface area (Å²) in [6, 6.07) is 4.46. The number of aliphatic hydroxyl groups is 1. The zero-order valence-corrected chi connectivity index (χ0v) is 28.7. The minimum absolute atomic E-state index is 0.000309.